The zero-order chi connectivity index (χ0) is 13.8. The van der Waals surface area contributed by atoms with Gasteiger partial charge in [0.1, 0.15) is 0 Å². The molecule has 1 aromatic rings. The molecule has 0 heterocycles. The summed E-state index contributed by atoms with van der Waals surface area (Å²) >= 11 is 19.6. The van der Waals surface area contributed by atoms with E-state index in [0.29, 0.717) is 5.56 Å². The molecule has 0 aromatic heterocycles. The summed E-state index contributed by atoms with van der Waals surface area (Å²) in [5, 5.41) is 11.7. The molecule has 0 radical (unpaired) electrons. The van der Waals surface area contributed by atoms with Gasteiger partial charge < -0.3 is 10.4 Å². The number of hydrogen-bond donors (Lipinski definition) is 2. The zero-order valence-corrected chi connectivity index (χ0v) is 12.8. The number of ketones is 1. The minimum absolute atomic E-state index is 0.230. The van der Waals surface area contributed by atoms with Crippen LogP contribution in [0, 0.1) is 0 Å². The maximum absolute atomic E-state index is 11.7. The van der Waals surface area contributed by atoms with Crippen molar-refractivity contribution >= 4 is 56.5 Å². The normalized spacial score (nSPS) is 13.6. The van der Waals surface area contributed by atoms with Crippen LogP contribution in [0.25, 0.3) is 0 Å². The molecular formula is C11H9BrCl3NO2. The van der Waals surface area contributed by atoms with Gasteiger partial charge in [0.25, 0.3) is 0 Å². The number of halogens is 4. The maximum Gasteiger partial charge on any atom is 0.234 e. The van der Waals surface area contributed by atoms with E-state index in [9.17, 15) is 9.90 Å². The van der Waals surface area contributed by atoms with Crippen LogP contribution in [0.15, 0.2) is 41.0 Å². The molecule has 18 heavy (non-hydrogen) atoms. The van der Waals surface area contributed by atoms with Crippen LogP contribution in [0.1, 0.15) is 10.4 Å². The van der Waals surface area contributed by atoms with Crippen molar-refractivity contribution in [2.45, 2.75) is 10.0 Å². The topological polar surface area (TPSA) is 49.3 Å². The van der Waals surface area contributed by atoms with Crippen LogP contribution in [-0.4, -0.2) is 20.9 Å². The molecule has 0 amide bonds. The fraction of sp³-hybridized carbons (Fsp3) is 0.182. The predicted octanol–water partition coefficient (Wildman–Crippen LogP) is 3.42. The molecule has 0 aliphatic carbocycles. The summed E-state index contributed by atoms with van der Waals surface area (Å²) in [6, 6.07) is 6.85. The number of aliphatic hydroxyl groups excluding tert-OH is 1. The van der Waals surface area contributed by atoms with E-state index in [1.54, 1.807) is 24.3 Å². The summed E-state index contributed by atoms with van der Waals surface area (Å²) in [6.07, 6.45) is 1.08. The van der Waals surface area contributed by atoms with Gasteiger partial charge in [-0.25, -0.2) is 0 Å². The van der Waals surface area contributed by atoms with Crippen LogP contribution in [0.5, 0.6) is 0 Å². The van der Waals surface area contributed by atoms with Gasteiger partial charge in [-0.15, -0.1) is 0 Å². The van der Waals surface area contributed by atoms with Crippen LogP contribution in [0.2, 0.25) is 0 Å². The lowest BCUT2D eigenvalue weighted by Gasteiger charge is -2.18. The Hall–Kier alpha value is -0.260. The van der Waals surface area contributed by atoms with E-state index in [-0.39, 0.29) is 5.78 Å². The Balaban J connectivity index is 2.58. The minimum atomic E-state index is -1.86. The van der Waals surface area contributed by atoms with Crippen LogP contribution in [-0.2, 0) is 0 Å². The Morgan fingerprint density at radius 3 is 2.39 bits per heavy atom. The lowest BCUT2D eigenvalue weighted by atomic mass is 10.1. The largest absolute Gasteiger partial charge is 0.370 e. The van der Waals surface area contributed by atoms with Gasteiger partial charge in [0.05, 0.1) is 0 Å². The molecule has 0 bridgehead atoms. The highest BCUT2D eigenvalue weighted by molar-refractivity contribution is 9.10. The van der Waals surface area contributed by atoms with E-state index in [1.807, 2.05) is 0 Å². The molecule has 7 heteroatoms. The van der Waals surface area contributed by atoms with Crippen LogP contribution >= 0.6 is 50.7 Å². The van der Waals surface area contributed by atoms with Crippen molar-refractivity contribution in [3.63, 3.8) is 0 Å². The molecule has 2 N–H and O–H groups in total. The number of alkyl halides is 3. The molecule has 0 aliphatic heterocycles. The fourth-order valence-electron chi connectivity index (χ4n) is 1.02. The summed E-state index contributed by atoms with van der Waals surface area (Å²) in [7, 11) is 0. The van der Waals surface area contributed by atoms with Crippen molar-refractivity contribution in [2.75, 3.05) is 0 Å². The number of hydrogen-bond acceptors (Lipinski definition) is 3. The van der Waals surface area contributed by atoms with E-state index in [0.717, 1.165) is 4.47 Å². The van der Waals surface area contributed by atoms with Crippen molar-refractivity contribution in [3.8, 4) is 0 Å². The Bertz CT molecular complexity index is 443. The molecule has 0 saturated carbocycles. The van der Waals surface area contributed by atoms with Gasteiger partial charge >= 0.3 is 0 Å². The zero-order valence-electron chi connectivity index (χ0n) is 8.91. The molecule has 3 nitrogen and oxygen atoms in total. The lowest BCUT2D eigenvalue weighted by Crippen LogP contribution is -2.36. The van der Waals surface area contributed by atoms with Gasteiger partial charge in [0, 0.05) is 22.3 Å². The highest BCUT2D eigenvalue weighted by Gasteiger charge is 2.29. The first-order chi connectivity index (χ1) is 8.30. The van der Waals surface area contributed by atoms with Gasteiger partial charge in [0.15, 0.2) is 12.0 Å². The number of benzene rings is 1. The molecule has 0 unspecified atom stereocenters. The van der Waals surface area contributed by atoms with E-state index in [1.165, 1.54) is 12.3 Å². The quantitative estimate of drug-likeness (QED) is 0.368. The Kier molecular flexibility index (Phi) is 5.95. The highest BCUT2D eigenvalue weighted by Crippen LogP contribution is 2.28. The number of aliphatic hydroxyl groups is 1. The number of allylic oxidation sites excluding steroid dienone is 1. The standard InChI is InChI=1S/C11H9BrCl3NO2/c12-8-3-1-7(2-4-8)9(17)5-6-16-10(18)11(13,14)15/h1-6,10,16,18H/b6-5+/t10-/m1/s1. The SMILES string of the molecule is O=C(/C=C/N[C@H](O)C(Cl)(Cl)Cl)c1ccc(Br)cc1. The summed E-state index contributed by atoms with van der Waals surface area (Å²) in [6.45, 7) is 0. The van der Waals surface area contributed by atoms with Crippen LogP contribution in [0.3, 0.4) is 0 Å². The van der Waals surface area contributed by atoms with Crippen molar-refractivity contribution in [1.82, 2.24) is 5.32 Å². The van der Waals surface area contributed by atoms with Crippen LogP contribution in [0.4, 0.5) is 0 Å². The smallest absolute Gasteiger partial charge is 0.234 e. The third kappa shape index (κ3) is 5.16. The van der Waals surface area contributed by atoms with Gasteiger partial charge in [-0.1, -0.05) is 50.7 Å². The molecule has 98 valence electrons. The molecule has 0 aliphatic rings. The second kappa shape index (κ2) is 6.78. The Labute approximate surface area is 128 Å². The predicted molar refractivity (Wildman–Crippen MR) is 77.0 cm³/mol. The van der Waals surface area contributed by atoms with E-state index in [4.69, 9.17) is 34.8 Å². The van der Waals surface area contributed by atoms with E-state index in [2.05, 4.69) is 21.2 Å². The first-order valence-corrected chi connectivity index (χ1v) is 6.70. The molecular weight excluding hydrogens is 364 g/mol. The first-order valence-electron chi connectivity index (χ1n) is 4.78. The summed E-state index contributed by atoms with van der Waals surface area (Å²) in [5.74, 6) is -0.230. The third-order valence-electron chi connectivity index (χ3n) is 1.93. The molecule has 0 saturated heterocycles. The monoisotopic (exact) mass is 371 g/mol. The van der Waals surface area contributed by atoms with Gasteiger partial charge in [0.2, 0.25) is 3.79 Å². The number of rotatable bonds is 4. The third-order valence-corrected chi connectivity index (χ3v) is 3.08. The lowest BCUT2D eigenvalue weighted by molar-refractivity contribution is 0.104. The van der Waals surface area contributed by atoms with Crippen LogP contribution < -0.4 is 5.32 Å². The van der Waals surface area contributed by atoms with Crippen molar-refractivity contribution < 1.29 is 9.90 Å². The van der Waals surface area contributed by atoms with Crippen molar-refractivity contribution in [2.24, 2.45) is 0 Å². The number of carbonyl (C=O) groups excluding carboxylic acids is 1. The molecule has 1 aromatic carbocycles. The van der Waals surface area contributed by atoms with Gasteiger partial charge in [-0.05, 0) is 24.3 Å². The van der Waals surface area contributed by atoms with Crippen molar-refractivity contribution in [1.29, 1.82) is 0 Å². The first kappa shape index (κ1) is 15.8. The van der Waals surface area contributed by atoms with Gasteiger partial charge in [-0.3, -0.25) is 4.79 Å². The Morgan fingerprint density at radius 2 is 1.89 bits per heavy atom. The minimum Gasteiger partial charge on any atom is -0.370 e. The second-order valence-electron chi connectivity index (χ2n) is 3.32. The average molecular weight is 373 g/mol. The van der Waals surface area contributed by atoms with E-state index < -0.39 is 10.0 Å². The number of nitrogens with one attached hydrogen (secondary N) is 1. The highest BCUT2D eigenvalue weighted by atomic mass is 79.9. The maximum atomic E-state index is 11.7. The fourth-order valence-corrected chi connectivity index (χ4v) is 1.47. The Morgan fingerprint density at radius 1 is 1.33 bits per heavy atom. The van der Waals surface area contributed by atoms with Gasteiger partial charge in [-0.2, -0.15) is 0 Å². The van der Waals surface area contributed by atoms with Crippen molar-refractivity contribution in [3.05, 3.63) is 46.6 Å². The second-order valence-corrected chi connectivity index (χ2v) is 6.60. The summed E-state index contributed by atoms with van der Waals surface area (Å²) in [4.78, 5) is 11.7. The molecule has 0 fully saturated rings. The van der Waals surface area contributed by atoms with E-state index >= 15 is 0 Å². The summed E-state index contributed by atoms with van der Waals surface area (Å²) < 4.78 is -0.974. The molecule has 0 spiro atoms. The summed E-state index contributed by atoms with van der Waals surface area (Å²) in [5.41, 5.74) is 0.514. The molecule has 1 rings (SSSR count). The molecule has 1 atom stereocenters. The average Bonchev–Trinajstić information content (AvgIpc) is 2.28. The number of carbonyl (C=O) groups is 1.